The van der Waals surface area contributed by atoms with Crippen LogP contribution in [0, 0.1) is 0 Å². The lowest BCUT2D eigenvalue weighted by Gasteiger charge is -2.10. The molecule has 94 valence electrons. The van der Waals surface area contributed by atoms with Crippen molar-refractivity contribution in [2.24, 2.45) is 0 Å². The van der Waals surface area contributed by atoms with Gasteiger partial charge in [-0.25, -0.2) is 9.78 Å². The van der Waals surface area contributed by atoms with Gasteiger partial charge in [0.05, 0.1) is 11.6 Å². The Labute approximate surface area is 105 Å². The van der Waals surface area contributed by atoms with Crippen molar-refractivity contribution in [3.63, 3.8) is 0 Å². The maximum Gasteiger partial charge on any atom is 0.356 e. The highest BCUT2D eigenvalue weighted by molar-refractivity contribution is 6.33. The van der Waals surface area contributed by atoms with Crippen molar-refractivity contribution in [3.8, 4) is 5.88 Å². The Morgan fingerprint density at radius 1 is 1.53 bits per heavy atom. The van der Waals surface area contributed by atoms with Gasteiger partial charge in [0.15, 0.2) is 5.69 Å². The molecular formula is C11H15ClN2O3. The number of rotatable bonds is 6. The number of ether oxygens (including phenoxy) is 1. The fourth-order valence-electron chi connectivity index (χ4n) is 1.21. The maximum absolute atomic E-state index is 10.8. The summed E-state index contributed by atoms with van der Waals surface area (Å²) in [5.74, 6) is -0.876. The highest BCUT2D eigenvalue weighted by Crippen LogP contribution is 2.18. The molecule has 0 bridgehead atoms. The molecule has 5 nitrogen and oxygen atoms in total. The molecule has 0 aliphatic rings. The average molecular weight is 259 g/mol. The van der Waals surface area contributed by atoms with E-state index < -0.39 is 5.97 Å². The summed E-state index contributed by atoms with van der Waals surface area (Å²) in [6, 6.07) is 3.03. The van der Waals surface area contributed by atoms with E-state index in [4.69, 9.17) is 21.4 Å². The van der Waals surface area contributed by atoms with Crippen molar-refractivity contribution in [1.29, 1.82) is 0 Å². The van der Waals surface area contributed by atoms with Crippen LogP contribution in [-0.4, -0.2) is 48.2 Å². The Hall–Kier alpha value is -1.33. The molecule has 0 saturated carbocycles. The van der Waals surface area contributed by atoms with Gasteiger partial charge in [-0.15, -0.1) is 0 Å². The smallest absolute Gasteiger partial charge is 0.356 e. The lowest BCUT2D eigenvalue weighted by atomic mass is 10.3. The van der Waals surface area contributed by atoms with Crippen LogP contribution >= 0.6 is 11.6 Å². The molecule has 1 rings (SSSR count). The van der Waals surface area contributed by atoms with Gasteiger partial charge in [0, 0.05) is 12.6 Å². The Kier molecular flexibility index (Phi) is 5.18. The van der Waals surface area contributed by atoms with E-state index in [1.165, 1.54) is 6.07 Å². The van der Waals surface area contributed by atoms with E-state index >= 15 is 0 Å². The zero-order valence-corrected chi connectivity index (χ0v) is 10.6. The van der Waals surface area contributed by atoms with E-state index in [2.05, 4.69) is 4.98 Å². The molecule has 0 radical (unpaired) electrons. The van der Waals surface area contributed by atoms with Gasteiger partial charge in [0.1, 0.15) is 0 Å². The van der Waals surface area contributed by atoms with Crippen molar-refractivity contribution in [3.05, 3.63) is 22.8 Å². The van der Waals surface area contributed by atoms with E-state index in [-0.39, 0.29) is 16.6 Å². The standard InChI is InChI=1S/C11H15ClN2O3/c1-14(2)6-3-7-17-9-5-4-8(12)10(13-9)11(15)16/h4-5H,3,6-7H2,1-2H3,(H,15,16). The van der Waals surface area contributed by atoms with Crippen LogP contribution in [0.1, 0.15) is 16.9 Å². The summed E-state index contributed by atoms with van der Waals surface area (Å²) in [6.45, 7) is 1.39. The molecule has 1 N–H and O–H groups in total. The second kappa shape index (κ2) is 6.42. The highest BCUT2D eigenvalue weighted by Gasteiger charge is 2.11. The van der Waals surface area contributed by atoms with Crippen molar-refractivity contribution in [1.82, 2.24) is 9.88 Å². The lowest BCUT2D eigenvalue weighted by Crippen LogP contribution is -2.16. The largest absolute Gasteiger partial charge is 0.478 e. The monoisotopic (exact) mass is 258 g/mol. The summed E-state index contributed by atoms with van der Waals surface area (Å²) in [6.07, 6.45) is 0.847. The average Bonchev–Trinajstić information content (AvgIpc) is 2.25. The van der Waals surface area contributed by atoms with Gasteiger partial charge in [-0.05, 0) is 26.6 Å². The Bertz CT molecular complexity index is 396. The summed E-state index contributed by atoms with van der Waals surface area (Å²) >= 11 is 5.69. The topological polar surface area (TPSA) is 62.7 Å². The summed E-state index contributed by atoms with van der Waals surface area (Å²) < 4.78 is 5.34. The van der Waals surface area contributed by atoms with Crippen molar-refractivity contribution in [2.75, 3.05) is 27.2 Å². The van der Waals surface area contributed by atoms with Crippen LogP contribution in [-0.2, 0) is 0 Å². The number of hydrogen-bond donors (Lipinski definition) is 1. The summed E-state index contributed by atoms with van der Waals surface area (Å²) in [5, 5.41) is 8.93. The quantitative estimate of drug-likeness (QED) is 0.788. The molecule has 1 aromatic rings. The molecule has 1 heterocycles. The highest BCUT2D eigenvalue weighted by atomic mass is 35.5. The molecule has 0 aliphatic heterocycles. The molecule has 0 aromatic carbocycles. The first-order chi connectivity index (χ1) is 8.00. The normalized spacial score (nSPS) is 10.6. The summed E-state index contributed by atoms with van der Waals surface area (Å²) in [5.41, 5.74) is -0.184. The minimum Gasteiger partial charge on any atom is -0.478 e. The number of carboxylic acids is 1. The molecule has 0 amide bonds. The number of halogens is 1. The van der Waals surface area contributed by atoms with Gasteiger partial charge >= 0.3 is 5.97 Å². The zero-order chi connectivity index (χ0) is 12.8. The van der Waals surface area contributed by atoms with Crippen LogP contribution in [0.15, 0.2) is 12.1 Å². The van der Waals surface area contributed by atoms with Crippen LogP contribution < -0.4 is 4.74 Å². The number of pyridine rings is 1. The number of carbonyl (C=O) groups is 1. The summed E-state index contributed by atoms with van der Waals surface area (Å²) in [4.78, 5) is 16.6. The van der Waals surface area contributed by atoms with Crippen molar-refractivity contribution in [2.45, 2.75) is 6.42 Å². The van der Waals surface area contributed by atoms with Gasteiger partial charge in [0.2, 0.25) is 5.88 Å². The van der Waals surface area contributed by atoms with Crippen LogP contribution in [0.2, 0.25) is 5.02 Å². The van der Waals surface area contributed by atoms with Crippen LogP contribution in [0.3, 0.4) is 0 Å². The first-order valence-corrected chi connectivity index (χ1v) is 5.56. The second-order valence-corrected chi connectivity index (χ2v) is 4.20. The summed E-state index contributed by atoms with van der Waals surface area (Å²) in [7, 11) is 3.95. The molecular weight excluding hydrogens is 244 g/mol. The van der Waals surface area contributed by atoms with E-state index in [1.54, 1.807) is 6.07 Å². The minimum absolute atomic E-state index is 0.109. The van der Waals surface area contributed by atoms with Gasteiger partial charge in [-0.1, -0.05) is 11.6 Å². The van der Waals surface area contributed by atoms with Gasteiger partial charge < -0.3 is 14.7 Å². The van der Waals surface area contributed by atoms with Crippen molar-refractivity contribution < 1.29 is 14.6 Å². The first kappa shape index (κ1) is 13.7. The predicted octanol–water partition coefficient (Wildman–Crippen LogP) is 1.76. The SMILES string of the molecule is CN(C)CCCOc1ccc(Cl)c(C(=O)O)n1. The number of hydrogen-bond acceptors (Lipinski definition) is 4. The Morgan fingerprint density at radius 2 is 2.24 bits per heavy atom. The fraction of sp³-hybridized carbons (Fsp3) is 0.455. The molecule has 0 unspecified atom stereocenters. The van der Waals surface area contributed by atoms with Crippen LogP contribution in [0.5, 0.6) is 5.88 Å². The van der Waals surface area contributed by atoms with Crippen LogP contribution in [0.25, 0.3) is 0 Å². The van der Waals surface area contributed by atoms with E-state index in [0.29, 0.717) is 6.61 Å². The van der Waals surface area contributed by atoms with Gasteiger partial charge in [-0.3, -0.25) is 0 Å². The molecule has 0 saturated heterocycles. The van der Waals surface area contributed by atoms with E-state index in [0.717, 1.165) is 13.0 Å². The fourth-order valence-corrected chi connectivity index (χ4v) is 1.40. The molecule has 1 aromatic heterocycles. The molecule has 0 atom stereocenters. The Balaban J connectivity index is 2.54. The number of nitrogens with zero attached hydrogens (tertiary/aromatic N) is 2. The van der Waals surface area contributed by atoms with Gasteiger partial charge in [-0.2, -0.15) is 0 Å². The van der Waals surface area contributed by atoms with Gasteiger partial charge in [0.25, 0.3) is 0 Å². The van der Waals surface area contributed by atoms with E-state index in [9.17, 15) is 4.79 Å². The predicted molar refractivity (Wildman–Crippen MR) is 64.9 cm³/mol. The molecule has 0 fully saturated rings. The van der Waals surface area contributed by atoms with Crippen molar-refractivity contribution >= 4 is 17.6 Å². The first-order valence-electron chi connectivity index (χ1n) is 5.18. The molecule has 17 heavy (non-hydrogen) atoms. The Morgan fingerprint density at radius 3 is 2.82 bits per heavy atom. The molecule has 0 aliphatic carbocycles. The van der Waals surface area contributed by atoms with Crippen LogP contribution in [0.4, 0.5) is 0 Å². The molecule has 0 spiro atoms. The third kappa shape index (κ3) is 4.58. The zero-order valence-electron chi connectivity index (χ0n) is 9.81. The number of aromatic carboxylic acids is 1. The molecule has 6 heteroatoms. The third-order valence-electron chi connectivity index (χ3n) is 2.02. The van der Waals surface area contributed by atoms with E-state index in [1.807, 2.05) is 19.0 Å². The number of carboxylic acid groups (broad SMARTS) is 1. The lowest BCUT2D eigenvalue weighted by molar-refractivity contribution is 0.0689. The minimum atomic E-state index is -1.16. The second-order valence-electron chi connectivity index (χ2n) is 3.79. The third-order valence-corrected chi connectivity index (χ3v) is 2.33. The number of aromatic nitrogens is 1. The maximum atomic E-state index is 10.8.